The van der Waals surface area contributed by atoms with E-state index in [4.69, 9.17) is 0 Å². The molecule has 0 radical (unpaired) electrons. The van der Waals surface area contributed by atoms with Gasteiger partial charge in [0.25, 0.3) is 0 Å². The van der Waals surface area contributed by atoms with Gasteiger partial charge in [0.05, 0.1) is 5.75 Å². The predicted molar refractivity (Wildman–Crippen MR) is 99.3 cm³/mol. The van der Waals surface area contributed by atoms with Crippen LogP contribution in [0.4, 0.5) is 5.69 Å². The number of amides is 1. The van der Waals surface area contributed by atoms with Gasteiger partial charge in [0.1, 0.15) is 0 Å². The zero-order valence-electron chi connectivity index (χ0n) is 13.9. The van der Waals surface area contributed by atoms with Crippen molar-refractivity contribution in [3.05, 3.63) is 54.9 Å². The molecule has 3 rings (SSSR count). The van der Waals surface area contributed by atoms with Gasteiger partial charge in [-0.15, -0.1) is 10.2 Å². The van der Waals surface area contributed by atoms with Gasteiger partial charge in [-0.3, -0.25) is 9.78 Å². The van der Waals surface area contributed by atoms with Crippen molar-refractivity contribution >= 4 is 23.4 Å². The first-order valence-corrected chi connectivity index (χ1v) is 9.07. The van der Waals surface area contributed by atoms with Crippen molar-refractivity contribution in [3.63, 3.8) is 0 Å². The highest BCUT2D eigenvalue weighted by molar-refractivity contribution is 7.99. The predicted octanol–water partition coefficient (Wildman–Crippen LogP) is 3.48. The molecule has 25 heavy (non-hydrogen) atoms. The number of pyridine rings is 1. The third kappa shape index (κ3) is 4.45. The lowest BCUT2D eigenvalue weighted by Crippen LogP contribution is -2.14. The quantitative estimate of drug-likeness (QED) is 0.658. The van der Waals surface area contributed by atoms with Crippen LogP contribution in [-0.4, -0.2) is 31.4 Å². The molecule has 128 valence electrons. The zero-order chi connectivity index (χ0) is 17.5. The molecule has 0 aliphatic heterocycles. The number of carbonyl (C=O) groups is 1. The maximum Gasteiger partial charge on any atom is 0.234 e. The minimum atomic E-state index is -0.0623. The van der Waals surface area contributed by atoms with Crippen molar-refractivity contribution in [1.29, 1.82) is 0 Å². The Kier molecular flexibility index (Phi) is 5.79. The first kappa shape index (κ1) is 17.2. The molecular formula is C18H19N5OS. The van der Waals surface area contributed by atoms with Crippen LogP contribution in [0.1, 0.15) is 13.3 Å². The molecule has 2 heterocycles. The topological polar surface area (TPSA) is 72.7 Å². The van der Waals surface area contributed by atoms with Gasteiger partial charge >= 0.3 is 0 Å². The molecule has 0 bridgehead atoms. The van der Waals surface area contributed by atoms with Gasteiger partial charge in [-0.2, -0.15) is 0 Å². The molecule has 0 aliphatic rings. The fourth-order valence-electron chi connectivity index (χ4n) is 2.38. The van der Waals surface area contributed by atoms with Gasteiger partial charge in [0.15, 0.2) is 11.0 Å². The first-order chi connectivity index (χ1) is 12.3. The zero-order valence-corrected chi connectivity index (χ0v) is 14.7. The summed E-state index contributed by atoms with van der Waals surface area (Å²) in [5, 5.41) is 12.2. The van der Waals surface area contributed by atoms with Crippen LogP contribution in [0, 0.1) is 0 Å². The number of benzene rings is 1. The fourth-order valence-corrected chi connectivity index (χ4v) is 3.15. The maximum atomic E-state index is 12.1. The highest BCUT2D eigenvalue weighted by Gasteiger charge is 2.15. The minimum absolute atomic E-state index is 0.0623. The molecule has 0 saturated heterocycles. The molecule has 1 aromatic carbocycles. The normalized spacial score (nSPS) is 10.6. The van der Waals surface area contributed by atoms with E-state index in [0.29, 0.717) is 0 Å². The molecule has 3 aromatic rings. The van der Waals surface area contributed by atoms with Crippen molar-refractivity contribution in [2.24, 2.45) is 0 Å². The Bertz CT molecular complexity index is 820. The SMILES string of the molecule is CCCn1c(SCC(=O)Nc2ccccc2)nnc1-c1ccncc1. The average molecular weight is 353 g/mol. The molecule has 2 aromatic heterocycles. The van der Waals surface area contributed by atoms with Crippen LogP contribution in [0.25, 0.3) is 11.4 Å². The Hall–Kier alpha value is -2.67. The number of thioether (sulfide) groups is 1. The summed E-state index contributed by atoms with van der Waals surface area (Å²) in [5.74, 6) is 1.02. The molecule has 0 spiro atoms. The number of aromatic nitrogens is 4. The van der Waals surface area contributed by atoms with E-state index < -0.39 is 0 Å². The lowest BCUT2D eigenvalue weighted by atomic mass is 10.2. The second kappa shape index (κ2) is 8.43. The van der Waals surface area contributed by atoms with Crippen molar-refractivity contribution in [3.8, 4) is 11.4 Å². The summed E-state index contributed by atoms with van der Waals surface area (Å²) < 4.78 is 2.05. The second-order valence-corrected chi connectivity index (χ2v) is 6.34. The van der Waals surface area contributed by atoms with Crippen LogP contribution in [0.15, 0.2) is 60.0 Å². The number of nitrogens with one attached hydrogen (secondary N) is 1. The Morgan fingerprint density at radius 1 is 1.12 bits per heavy atom. The summed E-state index contributed by atoms with van der Waals surface area (Å²) in [6.45, 7) is 2.90. The van der Waals surface area contributed by atoms with Gasteiger partial charge < -0.3 is 9.88 Å². The largest absolute Gasteiger partial charge is 0.325 e. The number of para-hydroxylation sites is 1. The summed E-state index contributed by atoms with van der Waals surface area (Å²) in [5.41, 5.74) is 1.76. The van der Waals surface area contributed by atoms with Crippen LogP contribution in [0.2, 0.25) is 0 Å². The lowest BCUT2D eigenvalue weighted by molar-refractivity contribution is -0.113. The van der Waals surface area contributed by atoms with E-state index in [1.165, 1.54) is 11.8 Å². The molecule has 0 fully saturated rings. The van der Waals surface area contributed by atoms with E-state index in [-0.39, 0.29) is 11.7 Å². The van der Waals surface area contributed by atoms with Crippen molar-refractivity contribution in [2.75, 3.05) is 11.1 Å². The Labute approximate surface area is 150 Å². The van der Waals surface area contributed by atoms with E-state index in [1.54, 1.807) is 12.4 Å². The number of hydrogen-bond acceptors (Lipinski definition) is 5. The van der Waals surface area contributed by atoms with Crippen molar-refractivity contribution < 1.29 is 4.79 Å². The van der Waals surface area contributed by atoms with Crippen LogP contribution in [-0.2, 0) is 11.3 Å². The lowest BCUT2D eigenvalue weighted by Gasteiger charge is -2.09. The third-order valence-electron chi connectivity index (χ3n) is 3.49. The van der Waals surface area contributed by atoms with E-state index in [2.05, 4.69) is 32.0 Å². The summed E-state index contributed by atoms with van der Waals surface area (Å²) in [6, 6.07) is 13.2. The maximum absolute atomic E-state index is 12.1. The Balaban J connectivity index is 1.70. The highest BCUT2D eigenvalue weighted by atomic mass is 32.2. The van der Waals surface area contributed by atoms with Crippen molar-refractivity contribution in [1.82, 2.24) is 19.7 Å². The summed E-state index contributed by atoms with van der Waals surface area (Å²) >= 11 is 1.39. The molecule has 0 saturated carbocycles. The van der Waals surface area contributed by atoms with Crippen molar-refractivity contribution in [2.45, 2.75) is 25.0 Å². The summed E-state index contributed by atoms with van der Waals surface area (Å²) in [6.07, 6.45) is 4.43. The Morgan fingerprint density at radius 3 is 2.60 bits per heavy atom. The van der Waals surface area contributed by atoms with Gasteiger partial charge in [-0.05, 0) is 30.7 Å². The Morgan fingerprint density at radius 2 is 1.88 bits per heavy atom. The second-order valence-electron chi connectivity index (χ2n) is 5.40. The monoisotopic (exact) mass is 353 g/mol. The number of nitrogens with zero attached hydrogens (tertiary/aromatic N) is 4. The molecule has 0 aliphatic carbocycles. The third-order valence-corrected chi connectivity index (χ3v) is 4.46. The molecule has 1 amide bonds. The van der Waals surface area contributed by atoms with Gasteiger partial charge in [-0.1, -0.05) is 36.9 Å². The van der Waals surface area contributed by atoms with Gasteiger partial charge in [0, 0.05) is 30.2 Å². The van der Waals surface area contributed by atoms with Crippen LogP contribution in [0.5, 0.6) is 0 Å². The molecule has 1 N–H and O–H groups in total. The highest BCUT2D eigenvalue weighted by Crippen LogP contribution is 2.24. The number of rotatable bonds is 7. The van der Waals surface area contributed by atoms with Crippen LogP contribution in [0.3, 0.4) is 0 Å². The van der Waals surface area contributed by atoms with Crippen LogP contribution < -0.4 is 5.32 Å². The molecule has 0 atom stereocenters. The number of carbonyl (C=O) groups excluding carboxylic acids is 1. The van der Waals surface area contributed by atoms with Crippen LogP contribution >= 0.6 is 11.8 Å². The molecule has 7 heteroatoms. The van der Waals surface area contributed by atoms with E-state index in [0.717, 1.165) is 35.2 Å². The number of anilines is 1. The summed E-state index contributed by atoms with van der Waals surface area (Å²) in [4.78, 5) is 16.2. The van der Waals surface area contributed by atoms with E-state index >= 15 is 0 Å². The summed E-state index contributed by atoms with van der Waals surface area (Å²) in [7, 11) is 0. The number of hydrogen-bond donors (Lipinski definition) is 1. The molecule has 0 unspecified atom stereocenters. The molecular weight excluding hydrogens is 334 g/mol. The molecule has 6 nitrogen and oxygen atoms in total. The van der Waals surface area contributed by atoms with Gasteiger partial charge in [-0.25, -0.2) is 0 Å². The van der Waals surface area contributed by atoms with E-state index in [9.17, 15) is 4.79 Å². The van der Waals surface area contributed by atoms with E-state index in [1.807, 2.05) is 42.5 Å². The first-order valence-electron chi connectivity index (χ1n) is 8.09. The fraction of sp³-hybridized carbons (Fsp3) is 0.222. The average Bonchev–Trinajstić information content (AvgIpc) is 3.05. The minimum Gasteiger partial charge on any atom is -0.325 e. The van der Waals surface area contributed by atoms with Gasteiger partial charge in [0.2, 0.25) is 5.91 Å². The standard InChI is InChI=1S/C18H19N5OS/c1-2-12-23-17(14-8-10-19-11-9-14)21-22-18(23)25-13-16(24)20-15-6-4-3-5-7-15/h3-11H,2,12-13H2,1H3,(H,20,24). The smallest absolute Gasteiger partial charge is 0.234 e.